The van der Waals surface area contributed by atoms with E-state index in [0.717, 1.165) is 5.56 Å². The normalized spacial score (nSPS) is 15.7. The fourth-order valence-electron chi connectivity index (χ4n) is 6.06. The van der Waals surface area contributed by atoms with Gasteiger partial charge in [0.2, 0.25) is 12.7 Å². The second-order valence-electron chi connectivity index (χ2n) is 10.6. The zero-order valence-electron chi connectivity index (χ0n) is 23.0. The summed E-state index contributed by atoms with van der Waals surface area (Å²) >= 11 is 6.32. The van der Waals surface area contributed by atoms with Gasteiger partial charge in [-0.1, -0.05) is 36.7 Å². The Kier molecular flexibility index (Phi) is 5.80. The lowest BCUT2D eigenvalue weighted by Crippen LogP contribution is -2.26. The van der Waals surface area contributed by atoms with Crippen molar-refractivity contribution in [2.24, 2.45) is 5.92 Å². The maximum absolute atomic E-state index is 13.7. The minimum absolute atomic E-state index is 0.125. The van der Waals surface area contributed by atoms with Gasteiger partial charge in [-0.15, -0.1) is 5.10 Å². The van der Waals surface area contributed by atoms with Gasteiger partial charge in [0.1, 0.15) is 17.7 Å². The van der Waals surface area contributed by atoms with Crippen LogP contribution in [0.4, 0.5) is 0 Å². The molecule has 43 heavy (non-hydrogen) atoms. The highest BCUT2D eigenvalue weighted by molar-refractivity contribution is 6.30. The molecular formula is C32H23ClN4O6. The van der Waals surface area contributed by atoms with Crippen LogP contribution in [0.5, 0.6) is 28.9 Å². The molecule has 11 heteroatoms. The van der Waals surface area contributed by atoms with Gasteiger partial charge in [0.05, 0.1) is 29.2 Å². The largest absolute Gasteiger partial charge is 0.496 e. The molecule has 0 saturated heterocycles. The van der Waals surface area contributed by atoms with E-state index in [-0.39, 0.29) is 12.7 Å². The molecule has 0 saturated carbocycles. The monoisotopic (exact) mass is 594 g/mol. The Morgan fingerprint density at radius 1 is 1.07 bits per heavy atom. The highest BCUT2D eigenvalue weighted by atomic mass is 35.5. The Morgan fingerprint density at radius 2 is 1.93 bits per heavy atom. The summed E-state index contributed by atoms with van der Waals surface area (Å²) in [4.78, 5) is 23.3. The molecule has 8 rings (SSSR count). The van der Waals surface area contributed by atoms with Crippen molar-refractivity contribution in [2.45, 2.75) is 19.3 Å². The average Bonchev–Trinajstić information content (AvgIpc) is 3.67. The number of benzene rings is 3. The summed E-state index contributed by atoms with van der Waals surface area (Å²) < 4.78 is 30.5. The Labute approximate surface area is 249 Å². The first-order valence-corrected chi connectivity index (χ1v) is 14.1. The van der Waals surface area contributed by atoms with E-state index in [4.69, 9.17) is 45.0 Å². The molecule has 0 bridgehead atoms. The summed E-state index contributed by atoms with van der Waals surface area (Å²) in [5.41, 5.74) is 3.19. The molecule has 3 aromatic carbocycles. The lowest BCUT2D eigenvalue weighted by Gasteiger charge is -2.31. The van der Waals surface area contributed by atoms with Crippen molar-refractivity contribution in [1.82, 2.24) is 19.6 Å². The van der Waals surface area contributed by atoms with Gasteiger partial charge in [-0.2, -0.15) is 0 Å². The molecule has 0 fully saturated rings. The number of halogens is 1. The van der Waals surface area contributed by atoms with Crippen LogP contribution in [0.3, 0.4) is 0 Å². The molecule has 0 amide bonds. The van der Waals surface area contributed by atoms with E-state index < -0.39 is 11.5 Å². The Morgan fingerprint density at radius 3 is 2.81 bits per heavy atom. The van der Waals surface area contributed by atoms with Crippen LogP contribution < -0.4 is 24.6 Å². The molecule has 5 heterocycles. The quantitative estimate of drug-likeness (QED) is 0.209. The van der Waals surface area contributed by atoms with Gasteiger partial charge in [-0.25, -0.2) is 19.3 Å². The van der Waals surface area contributed by atoms with Crippen LogP contribution in [-0.2, 0) is 6.42 Å². The SMILES string of the molecule is COc1ccc(Cl)cc1-c1nc2c3c(ncn2n1)Oc1c(c(=O)oc2ccccc12)C3C(C)Cc1ccc2c(c1)OCO2. The topological polar surface area (TPSA) is 110 Å². The molecule has 0 aliphatic carbocycles. The molecule has 2 atom stereocenters. The first kappa shape index (κ1) is 25.6. The van der Waals surface area contributed by atoms with E-state index in [9.17, 15) is 4.79 Å². The molecule has 2 unspecified atom stereocenters. The van der Waals surface area contributed by atoms with Crippen LogP contribution in [0.25, 0.3) is 28.0 Å². The summed E-state index contributed by atoms with van der Waals surface area (Å²) in [5, 5.41) is 5.91. The van der Waals surface area contributed by atoms with Gasteiger partial charge in [0.15, 0.2) is 28.7 Å². The predicted molar refractivity (Wildman–Crippen MR) is 158 cm³/mol. The predicted octanol–water partition coefficient (Wildman–Crippen LogP) is 6.40. The van der Waals surface area contributed by atoms with Crippen LogP contribution in [0, 0.1) is 5.92 Å². The Balaban J connectivity index is 1.33. The Bertz CT molecular complexity index is 2140. The van der Waals surface area contributed by atoms with Crippen LogP contribution in [0.2, 0.25) is 5.02 Å². The number of aromatic nitrogens is 4. The molecule has 3 aromatic heterocycles. The number of fused-ring (bicyclic) bond motifs is 7. The van der Waals surface area contributed by atoms with Gasteiger partial charge in [0.25, 0.3) is 0 Å². The highest BCUT2D eigenvalue weighted by Gasteiger charge is 2.39. The molecule has 0 radical (unpaired) electrons. The van der Waals surface area contributed by atoms with Crippen LogP contribution >= 0.6 is 11.6 Å². The summed E-state index contributed by atoms with van der Waals surface area (Å²) in [7, 11) is 1.58. The summed E-state index contributed by atoms with van der Waals surface area (Å²) in [6.07, 6.45) is 2.16. The zero-order chi connectivity index (χ0) is 29.2. The van der Waals surface area contributed by atoms with E-state index in [0.29, 0.717) is 79.5 Å². The molecule has 214 valence electrons. The number of ether oxygens (including phenoxy) is 4. The van der Waals surface area contributed by atoms with Crippen LogP contribution in [0.1, 0.15) is 29.5 Å². The van der Waals surface area contributed by atoms with Crippen molar-refractivity contribution in [3.8, 4) is 40.3 Å². The number of para-hydroxylation sites is 1. The van der Waals surface area contributed by atoms with E-state index in [1.54, 1.807) is 42.2 Å². The number of hydrogen-bond acceptors (Lipinski definition) is 9. The molecule has 2 aliphatic heterocycles. The standard InChI is InChI=1S/C32H23ClN4O6/c1-16(11-17-7-9-23-24(12-17)41-15-40-23)25-26-28(19-5-3-4-6-22(19)42-32(26)38)43-31-27(25)30-35-29(36-37(30)14-34-31)20-13-18(33)8-10-21(20)39-2/h3-10,12-14,16,25H,11,15H2,1-2H3. The first-order valence-electron chi connectivity index (χ1n) is 13.7. The number of nitrogens with zero attached hydrogens (tertiary/aromatic N) is 4. The maximum Gasteiger partial charge on any atom is 0.343 e. The molecular weight excluding hydrogens is 572 g/mol. The summed E-state index contributed by atoms with van der Waals surface area (Å²) in [5.74, 6) is 2.56. The van der Waals surface area contributed by atoms with Crippen LogP contribution in [0.15, 0.2) is 76.2 Å². The van der Waals surface area contributed by atoms with Crippen molar-refractivity contribution < 1.29 is 23.4 Å². The number of rotatable bonds is 5. The molecule has 10 nitrogen and oxygen atoms in total. The van der Waals surface area contributed by atoms with E-state index in [1.807, 2.05) is 36.4 Å². The first-order chi connectivity index (χ1) is 21.0. The van der Waals surface area contributed by atoms with Crippen molar-refractivity contribution >= 4 is 28.2 Å². The fraction of sp³-hybridized carbons (Fsp3) is 0.188. The van der Waals surface area contributed by atoms with Crippen molar-refractivity contribution in [3.05, 3.63) is 99.1 Å². The maximum atomic E-state index is 13.7. The minimum atomic E-state index is -0.487. The van der Waals surface area contributed by atoms with E-state index in [2.05, 4.69) is 11.9 Å². The summed E-state index contributed by atoms with van der Waals surface area (Å²) in [6, 6.07) is 18.5. The van der Waals surface area contributed by atoms with Crippen LogP contribution in [-0.4, -0.2) is 33.5 Å². The molecule has 6 aromatic rings. The van der Waals surface area contributed by atoms with Crippen molar-refractivity contribution in [3.63, 3.8) is 0 Å². The van der Waals surface area contributed by atoms with E-state index >= 15 is 0 Å². The Hall–Kier alpha value is -5.09. The van der Waals surface area contributed by atoms with Crippen molar-refractivity contribution in [1.29, 1.82) is 0 Å². The number of hydrogen-bond donors (Lipinski definition) is 0. The minimum Gasteiger partial charge on any atom is -0.496 e. The van der Waals surface area contributed by atoms with Crippen molar-refractivity contribution in [2.75, 3.05) is 13.9 Å². The van der Waals surface area contributed by atoms with Gasteiger partial charge in [-0.05, 0) is 60.4 Å². The number of methoxy groups -OCH3 is 1. The highest BCUT2D eigenvalue weighted by Crippen LogP contribution is 2.50. The third kappa shape index (κ3) is 4.09. The third-order valence-electron chi connectivity index (χ3n) is 7.97. The lowest BCUT2D eigenvalue weighted by molar-refractivity contribution is 0.174. The van der Waals surface area contributed by atoms with Gasteiger partial charge < -0.3 is 23.4 Å². The van der Waals surface area contributed by atoms with Gasteiger partial charge in [0, 0.05) is 10.9 Å². The van der Waals surface area contributed by atoms with Gasteiger partial charge in [-0.3, -0.25) is 0 Å². The van der Waals surface area contributed by atoms with Gasteiger partial charge >= 0.3 is 5.63 Å². The second kappa shape index (κ2) is 9.74. The molecule has 0 N–H and O–H groups in total. The summed E-state index contributed by atoms with van der Waals surface area (Å²) in [6.45, 7) is 2.28. The smallest absolute Gasteiger partial charge is 0.343 e. The lowest BCUT2D eigenvalue weighted by atomic mass is 9.78. The second-order valence-corrected chi connectivity index (χ2v) is 11.0. The van der Waals surface area contributed by atoms with E-state index in [1.165, 1.54) is 0 Å². The third-order valence-corrected chi connectivity index (χ3v) is 8.21. The zero-order valence-corrected chi connectivity index (χ0v) is 23.8. The molecule has 0 spiro atoms. The molecule has 2 aliphatic rings. The fourth-order valence-corrected chi connectivity index (χ4v) is 6.24. The average molecular weight is 595 g/mol.